The summed E-state index contributed by atoms with van der Waals surface area (Å²) in [6, 6.07) is 7.33. The summed E-state index contributed by atoms with van der Waals surface area (Å²) in [6.45, 7) is 7.62. The van der Waals surface area contributed by atoms with Crippen molar-refractivity contribution in [2.75, 3.05) is 26.9 Å². The molecule has 1 aromatic heterocycles. The fourth-order valence-corrected chi connectivity index (χ4v) is 4.15. The van der Waals surface area contributed by atoms with Gasteiger partial charge < -0.3 is 19.2 Å². The monoisotopic (exact) mass is 475 g/mol. The highest BCUT2D eigenvalue weighted by atomic mass is 35.5. The van der Waals surface area contributed by atoms with E-state index in [0.29, 0.717) is 41.1 Å². The van der Waals surface area contributed by atoms with Crippen LogP contribution in [-0.4, -0.2) is 32.8 Å². The number of carbonyl (C=O) groups excluding carboxylic acids is 1. The summed E-state index contributed by atoms with van der Waals surface area (Å²) in [5.41, 5.74) is 4.82. The van der Waals surface area contributed by atoms with E-state index in [4.69, 9.17) is 37.1 Å². The number of hydrogen-bond donors (Lipinski definition) is 1. The molecule has 1 amide bonds. The van der Waals surface area contributed by atoms with Gasteiger partial charge in [-0.05, 0) is 51.0 Å². The van der Waals surface area contributed by atoms with Crippen LogP contribution in [0.5, 0.6) is 5.75 Å². The van der Waals surface area contributed by atoms with Crippen LogP contribution in [0.3, 0.4) is 0 Å². The SMILES string of the molecule is CCOCCCNC(=O)/C=C(\C)c1cc2c(-c3ccc(Cl)cc3Cl)coc2c(C)c1OC. The first-order valence-electron chi connectivity index (χ1n) is 10.5. The van der Waals surface area contributed by atoms with Gasteiger partial charge in [0.1, 0.15) is 11.3 Å². The molecule has 0 bridgehead atoms. The number of allylic oxidation sites excluding steroid dienone is 1. The predicted octanol–water partition coefficient (Wildman–Crippen LogP) is 6.67. The molecule has 0 spiro atoms. The van der Waals surface area contributed by atoms with E-state index in [1.54, 1.807) is 31.6 Å². The Morgan fingerprint density at radius 2 is 2.00 bits per heavy atom. The lowest BCUT2D eigenvalue weighted by Crippen LogP contribution is -2.23. The number of aryl methyl sites for hydroxylation is 1. The molecule has 1 heterocycles. The minimum Gasteiger partial charge on any atom is -0.496 e. The van der Waals surface area contributed by atoms with Gasteiger partial charge in [-0.15, -0.1) is 0 Å². The van der Waals surface area contributed by atoms with Gasteiger partial charge in [0, 0.05) is 58.5 Å². The molecule has 170 valence electrons. The second-order valence-electron chi connectivity index (χ2n) is 7.40. The first-order valence-corrected chi connectivity index (χ1v) is 11.2. The number of amides is 1. The van der Waals surface area contributed by atoms with E-state index < -0.39 is 0 Å². The Morgan fingerprint density at radius 3 is 2.69 bits per heavy atom. The molecule has 0 fully saturated rings. The summed E-state index contributed by atoms with van der Waals surface area (Å²) in [5, 5.41) is 4.88. The Balaban J connectivity index is 1.98. The first-order chi connectivity index (χ1) is 15.4. The number of ether oxygens (including phenoxy) is 2. The number of methoxy groups -OCH3 is 1. The predicted molar refractivity (Wildman–Crippen MR) is 131 cm³/mol. The first kappa shape index (κ1) is 24.2. The summed E-state index contributed by atoms with van der Waals surface area (Å²) < 4.78 is 16.9. The van der Waals surface area contributed by atoms with Crippen LogP contribution in [0.4, 0.5) is 0 Å². The molecule has 0 radical (unpaired) electrons. The second-order valence-corrected chi connectivity index (χ2v) is 8.25. The molecule has 0 aliphatic rings. The van der Waals surface area contributed by atoms with Crippen LogP contribution in [0.15, 0.2) is 41.0 Å². The van der Waals surface area contributed by atoms with Crippen molar-refractivity contribution in [2.24, 2.45) is 0 Å². The highest BCUT2D eigenvalue weighted by molar-refractivity contribution is 6.36. The normalized spacial score (nSPS) is 11.8. The van der Waals surface area contributed by atoms with Crippen LogP contribution in [0, 0.1) is 6.92 Å². The van der Waals surface area contributed by atoms with Crippen LogP contribution in [0.2, 0.25) is 10.0 Å². The lowest BCUT2D eigenvalue weighted by atomic mass is 9.96. The molecule has 32 heavy (non-hydrogen) atoms. The molecule has 1 N–H and O–H groups in total. The van der Waals surface area contributed by atoms with Gasteiger partial charge in [-0.1, -0.05) is 29.3 Å². The number of rotatable bonds is 9. The smallest absolute Gasteiger partial charge is 0.244 e. The lowest BCUT2D eigenvalue weighted by Gasteiger charge is -2.13. The Bertz CT molecular complexity index is 1150. The van der Waals surface area contributed by atoms with Gasteiger partial charge in [0.2, 0.25) is 5.91 Å². The molecule has 2 aromatic carbocycles. The third kappa shape index (κ3) is 5.29. The fourth-order valence-electron chi connectivity index (χ4n) is 3.64. The molecule has 3 rings (SSSR count). The van der Waals surface area contributed by atoms with Gasteiger partial charge in [0.25, 0.3) is 0 Å². The average molecular weight is 476 g/mol. The van der Waals surface area contributed by atoms with E-state index in [1.807, 2.05) is 32.9 Å². The molecule has 0 aliphatic heterocycles. The van der Waals surface area contributed by atoms with Crippen LogP contribution in [-0.2, 0) is 9.53 Å². The third-order valence-electron chi connectivity index (χ3n) is 5.21. The molecule has 5 nitrogen and oxygen atoms in total. The van der Waals surface area contributed by atoms with Crippen LogP contribution < -0.4 is 10.1 Å². The van der Waals surface area contributed by atoms with Crippen LogP contribution in [0.25, 0.3) is 27.7 Å². The highest BCUT2D eigenvalue weighted by Crippen LogP contribution is 2.42. The number of carbonyl (C=O) groups is 1. The number of furan rings is 1. The number of benzene rings is 2. The molecule has 0 atom stereocenters. The van der Waals surface area contributed by atoms with Crippen LogP contribution in [0.1, 0.15) is 31.4 Å². The van der Waals surface area contributed by atoms with Crippen molar-refractivity contribution in [1.29, 1.82) is 0 Å². The summed E-state index contributed by atoms with van der Waals surface area (Å²) in [7, 11) is 1.61. The van der Waals surface area contributed by atoms with E-state index >= 15 is 0 Å². The summed E-state index contributed by atoms with van der Waals surface area (Å²) in [5.74, 6) is 0.505. The van der Waals surface area contributed by atoms with E-state index in [1.165, 1.54) is 0 Å². The summed E-state index contributed by atoms with van der Waals surface area (Å²) >= 11 is 12.5. The lowest BCUT2D eigenvalue weighted by molar-refractivity contribution is -0.116. The quantitative estimate of drug-likeness (QED) is 0.277. The van der Waals surface area contributed by atoms with Gasteiger partial charge in [-0.25, -0.2) is 0 Å². The molecule has 0 unspecified atom stereocenters. The minimum atomic E-state index is -0.160. The van der Waals surface area contributed by atoms with E-state index in [0.717, 1.165) is 39.6 Å². The van der Waals surface area contributed by atoms with Gasteiger partial charge in [-0.3, -0.25) is 4.79 Å². The minimum absolute atomic E-state index is 0.160. The van der Waals surface area contributed by atoms with Crippen molar-refractivity contribution in [3.05, 3.63) is 57.8 Å². The van der Waals surface area contributed by atoms with Crippen molar-refractivity contribution in [1.82, 2.24) is 5.32 Å². The number of nitrogens with one attached hydrogen (secondary N) is 1. The Kier molecular flexibility index (Phi) is 8.24. The maximum absolute atomic E-state index is 12.4. The number of fused-ring (bicyclic) bond motifs is 1. The van der Waals surface area contributed by atoms with E-state index in [2.05, 4.69) is 5.32 Å². The second kappa shape index (κ2) is 10.9. The fraction of sp³-hybridized carbons (Fsp3) is 0.320. The average Bonchev–Trinajstić information content (AvgIpc) is 3.17. The van der Waals surface area contributed by atoms with E-state index in [-0.39, 0.29) is 5.91 Å². The largest absolute Gasteiger partial charge is 0.496 e. The van der Waals surface area contributed by atoms with Crippen molar-refractivity contribution in [3.63, 3.8) is 0 Å². The molecular weight excluding hydrogens is 449 g/mol. The maximum Gasteiger partial charge on any atom is 0.244 e. The molecule has 3 aromatic rings. The Labute approximate surface area is 198 Å². The molecule has 0 saturated heterocycles. The van der Waals surface area contributed by atoms with Gasteiger partial charge >= 0.3 is 0 Å². The summed E-state index contributed by atoms with van der Waals surface area (Å²) in [6.07, 6.45) is 4.03. The van der Waals surface area contributed by atoms with Crippen molar-refractivity contribution in [2.45, 2.75) is 27.2 Å². The summed E-state index contributed by atoms with van der Waals surface area (Å²) in [4.78, 5) is 12.4. The maximum atomic E-state index is 12.4. The molecule has 0 aliphatic carbocycles. The van der Waals surface area contributed by atoms with Gasteiger partial charge in [0.05, 0.1) is 18.4 Å². The van der Waals surface area contributed by atoms with Crippen molar-refractivity contribution >= 4 is 45.7 Å². The number of halogens is 2. The Morgan fingerprint density at radius 1 is 1.22 bits per heavy atom. The van der Waals surface area contributed by atoms with Crippen molar-refractivity contribution in [3.8, 4) is 16.9 Å². The highest BCUT2D eigenvalue weighted by Gasteiger charge is 2.19. The zero-order valence-electron chi connectivity index (χ0n) is 18.7. The molecular formula is C25H27Cl2NO4. The third-order valence-corrected chi connectivity index (χ3v) is 5.76. The molecule has 7 heteroatoms. The van der Waals surface area contributed by atoms with Gasteiger partial charge in [-0.2, -0.15) is 0 Å². The van der Waals surface area contributed by atoms with Gasteiger partial charge in [0.15, 0.2) is 0 Å². The van der Waals surface area contributed by atoms with E-state index in [9.17, 15) is 4.79 Å². The topological polar surface area (TPSA) is 60.7 Å². The zero-order chi connectivity index (χ0) is 23.3. The Hall–Kier alpha value is -2.47. The van der Waals surface area contributed by atoms with Crippen molar-refractivity contribution < 1.29 is 18.7 Å². The molecule has 0 saturated carbocycles. The number of hydrogen-bond acceptors (Lipinski definition) is 4. The van der Waals surface area contributed by atoms with Crippen LogP contribution >= 0.6 is 23.2 Å². The standard InChI is InChI=1S/C25H27Cl2NO4/c1-5-31-10-6-9-28-23(29)11-15(2)19-13-20-21(18-8-7-17(26)12-22(18)27)14-32-25(20)16(3)24(19)30-4/h7-8,11-14H,5-6,9-10H2,1-4H3,(H,28,29)/b15-11+. The zero-order valence-corrected chi connectivity index (χ0v) is 20.2.